The monoisotopic (exact) mass is 251 g/mol. The number of esters is 1. The molecule has 2 aromatic carbocycles. The van der Waals surface area contributed by atoms with Crippen molar-refractivity contribution in [1.82, 2.24) is 0 Å². The summed E-state index contributed by atoms with van der Waals surface area (Å²) in [6.45, 7) is 1.97. The standard InChI is InChI=1S/C16H13NO2/c1-2-19-16(18)15(11-17)10-12-7-8-13-5-3-4-6-14(13)9-12/h3-10H,2H2,1H3/b15-10-. The first-order chi connectivity index (χ1) is 9.24. The van der Waals surface area contributed by atoms with Gasteiger partial charge in [-0.3, -0.25) is 0 Å². The van der Waals surface area contributed by atoms with Crippen molar-refractivity contribution in [2.45, 2.75) is 6.92 Å². The van der Waals surface area contributed by atoms with Crippen molar-refractivity contribution in [3.63, 3.8) is 0 Å². The van der Waals surface area contributed by atoms with Gasteiger partial charge in [-0.2, -0.15) is 5.26 Å². The first-order valence-corrected chi connectivity index (χ1v) is 6.02. The smallest absolute Gasteiger partial charge is 0.348 e. The first kappa shape index (κ1) is 12.8. The second kappa shape index (κ2) is 5.83. The van der Waals surface area contributed by atoms with Gasteiger partial charge in [0.2, 0.25) is 0 Å². The summed E-state index contributed by atoms with van der Waals surface area (Å²) in [5, 5.41) is 11.2. The topological polar surface area (TPSA) is 50.1 Å². The third-order valence-electron chi connectivity index (χ3n) is 2.70. The van der Waals surface area contributed by atoms with Crippen LogP contribution in [0.15, 0.2) is 48.0 Å². The molecule has 0 aliphatic carbocycles. The molecule has 0 bridgehead atoms. The lowest BCUT2D eigenvalue weighted by atomic mass is 10.1. The van der Waals surface area contributed by atoms with E-state index in [-0.39, 0.29) is 12.2 Å². The van der Waals surface area contributed by atoms with Crippen molar-refractivity contribution in [1.29, 1.82) is 5.26 Å². The average molecular weight is 251 g/mol. The van der Waals surface area contributed by atoms with Crippen molar-refractivity contribution in [2.75, 3.05) is 6.61 Å². The predicted molar refractivity (Wildman–Crippen MR) is 74.2 cm³/mol. The van der Waals surface area contributed by atoms with Crippen LogP contribution in [-0.4, -0.2) is 12.6 Å². The van der Waals surface area contributed by atoms with Crippen LogP contribution in [0.25, 0.3) is 16.8 Å². The van der Waals surface area contributed by atoms with Gasteiger partial charge in [-0.25, -0.2) is 4.79 Å². The molecule has 0 aliphatic heterocycles. The van der Waals surface area contributed by atoms with Gasteiger partial charge in [0, 0.05) is 0 Å². The lowest BCUT2D eigenvalue weighted by Crippen LogP contribution is -2.05. The summed E-state index contributed by atoms with van der Waals surface area (Å²) in [6, 6.07) is 15.6. The number of ether oxygens (including phenoxy) is 1. The number of hydrogen-bond acceptors (Lipinski definition) is 3. The minimum absolute atomic E-state index is 0.0112. The molecular weight excluding hydrogens is 238 g/mol. The quantitative estimate of drug-likeness (QED) is 0.477. The van der Waals surface area contributed by atoms with Crippen molar-refractivity contribution >= 4 is 22.8 Å². The number of nitriles is 1. The third-order valence-corrected chi connectivity index (χ3v) is 2.70. The summed E-state index contributed by atoms with van der Waals surface area (Å²) < 4.78 is 4.82. The molecule has 0 spiro atoms. The molecule has 0 saturated heterocycles. The van der Waals surface area contributed by atoms with Crippen LogP contribution in [0.5, 0.6) is 0 Å². The summed E-state index contributed by atoms with van der Waals surface area (Å²) in [6.07, 6.45) is 1.55. The van der Waals surface area contributed by atoms with Crippen LogP contribution in [0, 0.1) is 11.3 Å². The molecule has 0 radical (unpaired) electrons. The molecule has 0 unspecified atom stereocenters. The first-order valence-electron chi connectivity index (χ1n) is 6.02. The molecular formula is C16H13NO2. The number of rotatable bonds is 3. The SMILES string of the molecule is CCOC(=O)/C(C#N)=C\c1ccc2ccccc2c1. The van der Waals surface area contributed by atoms with Gasteiger partial charge in [0.05, 0.1) is 6.61 Å². The minimum Gasteiger partial charge on any atom is -0.462 e. The molecule has 2 rings (SSSR count). The van der Waals surface area contributed by atoms with E-state index >= 15 is 0 Å². The maximum atomic E-state index is 11.5. The lowest BCUT2D eigenvalue weighted by Gasteiger charge is -2.01. The van der Waals surface area contributed by atoms with Crippen LogP contribution in [0.4, 0.5) is 0 Å². The zero-order chi connectivity index (χ0) is 13.7. The second-order valence-electron chi connectivity index (χ2n) is 4.00. The van der Waals surface area contributed by atoms with E-state index in [1.54, 1.807) is 13.0 Å². The zero-order valence-corrected chi connectivity index (χ0v) is 10.6. The summed E-state index contributed by atoms with van der Waals surface area (Å²) in [5.74, 6) is -0.585. The van der Waals surface area contributed by atoms with E-state index in [0.717, 1.165) is 16.3 Å². The molecule has 19 heavy (non-hydrogen) atoms. The van der Waals surface area contributed by atoms with Crippen molar-refractivity contribution < 1.29 is 9.53 Å². The zero-order valence-electron chi connectivity index (χ0n) is 10.6. The summed E-state index contributed by atoms with van der Waals surface area (Å²) in [5.41, 5.74) is 0.820. The summed E-state index contributed by atoms with van der Waals surface area (Å²) in [4.78, 5) is 11.5. The van der Waals surface area contributed by atoms with Crippen LogP contribution < -0.4 is 0 Å². The van der Waals surface area contributed by atoms with Gasteiger partial charge in [0.25, 0.3) is 0 Å². The van der Waals surface area contributed by atoms with E-state index in [1.807, 2.05) is 48.5 Å². The van der Waals surface area contributed by atoms with E-state index in [9.17, 15) is 4.79 Å². The molecule has 3 nitrogen and oxygen atoms in total. The highest BCUT2D eigenvalue weighted by atomic mass is 16.5. The van der Waals surface area contributed by atoms with Crippen LogP contribution in [0.3, 0.4) is 0 Å². The Morgan fingerprint density at radius 2 is 2.00 bits per heavy atom. The Hall–Kier alpha value is -2.60. The molecule has 0 fully saturated rings. The molecule has 0 N–H and O–H groups in total. The highest BCUT2D eigenvalue weighted by Crippen LogP contribution is 2.17. The molecule has 3 heteroatoms. The lowest BCUT2D eigenvalue weighted by molar-refractivity contribution is -0.137. The Morgan fingerprint density at radius 3 is 2.68 bits per heavy atom. The number of nitrogens with zero attached hydrogens (tertiary/aromatic N) is 1. The Labute approximate surface area is 111 Å². The number of benzene rings is 2. The Bertz CT molecular complexity index is 680. The van der Waals surface area contributed by atoms with E-state index in [4.69, 9.17) is 10.00 Å². The van der Waals surface area contributed by atoms with Crippen molar-refractivity contribution in [3.8, 4) is 6.07 Å². The molecule has 0 atom stereocenters. The Balaban J connectivity index is 2.38. The van der Waals surface area contributed by atoms with Crippen molar-refractivity contribution in [3.05, 3.63) is 53.6 Å². The highest BCUT2D eigenvalue weighted by molar-refractivity contribution is 5.98. The molecule has 94 valence electrons. The van der Waals surface area contributed by atoms with Gasteiger partial charge in [-0.1, -0.05) is 36.4 Å². The highest BCUT2D eigenvalue weighted by Gasteiger charge is 2.09. The fraction of sp³-hybridized carbons (Fsp3) is 0.125. The molecule has 2 aromatic rings. The molecule has 0 saturated carbocycles. The molecule has 0 aliphatic rings. The van der Waals surface area contributed by atoms with Gasteiger partial charge < -0.3 is 4.74 Å². The number of fused-ring (bicyclic) bond motifs is 1. The summed E-state index contributed by atoms with van der Waals surface area (Å²) in [7, 11) is 0. The maximum absolute atomic E-state index is 11.5. The summed E-state index contributed by atoms with van der Waals surface area (Å²) >= 11 is 0. The van der Waals surface area contributed by atoms with E-state index in [2.05, 4.69) is 0 Å². The maximum Gasteiger partial charge on any atom is 0.348 e. The van der Waals surface area contributed by atoms with Gasteiger partial charge in [0.15, 0.2) is 0 Å². The van der Waals surface area contributed by atoms with E-state index in [1.165, 1.54) is 0 Å². The van der Waals surface area contributed by atoms with E-state index in [0.29, 0.717) is 0 Å². The van der Waals surface area contributed by atoms with Gasteiger partial charge >= 0.3 is 5.97 Å². The molecule has 0 aromatic heterocycles. The fourth-order valence-electron chi connectivity index (χ4n) is 1.81. The molecule has 0 amide bonds. The van der Waals surface area contributed by atoms with Gasteiger partial charge in [0.1, 0.15) is 11.6 Å². The second-order valence-corrected chi connectivity index (χ2v) is 4.00. The normalized spacial score (nSPS) is 11.1. The van der Waals surface area contributed by atoms with Gasteiger partial charge in [-0.05, 0) is 35.4 Å². The van der Waals surface area contributed by atoms with Crippen LogP contribution in [0.2, 0.25) is 0 Å². The average Bonchev–Trinajstić information content (AvgIpc) is 2.44. The van der Waals surface area contributed by atoms with Crippen molar-refractivity contribution in [2.24, 2.45) is 0 Å². The van der Waals surface area contributed by atoms with Crippen LogP contribution >= 0.6 is 0 Å². The Morgan fingerprint density at radius 1 is 1.26 bits per heavy atom. The fourth-order valence-corrected chi connectivity index (χ4v) is 1.81. The minimum atomic E-state index is -0.585. The van der Waals surface area contributed by atoms with Crippen LogP contribution in [0.1, 0.15) is 12.5 Å². The van der Waals surface area contributed by atoms with Gasteiger partial charge in [-0.15, -0.1) is 0 Å². The third kappa shape index (κ3) is 2.99. The van der Waals surface area contributed by atoms with E-state index < -0.39 is 5.97 Å². The Kier molecular flexibility index (Phi) is 3.94. The number of carbonyl (C=O) groups is 1. The predicted octanol–water partition coefficient (Wildman–Crippen LogP) is 3.31. The number of hydrogen-bond donors (Lipinski definition) is 0. The largest absolute Gasteiger partial charge is 0.462 e. The van der Waals surface area contributed by atoms with Crippen LogP contribution in [-0.2, 0) is 9.53 Å². The number of carbonyl (C=O) groups excluding carboxylic acids is 1. The molecule has 0 heterocycles.